The lowest BCUT2D eigenvalue weighted by atomic mass is 9.64. The number of alkyl halides is 3. The van der Waals surface area contributed by atoms with E-state index in [9.17, 15) is 21.6 Å². The van der Waals surface area contributed by atoms with E-state index in [1.807, 2.05) is 12.1 Å². The molecule has 0 bridgehead atoms. The lowest BCUT2D eigenvalue weighted by Crippen LogP contribution is -2.38. The third-order valence-electron chi connectivity index (χ3n) is 5.63. The van der Waals surface area contributed by atoms with Gasteiger partial charge in [0.2, 0.25) is 0 Å². The van der Waals surface area contributed by atoms with Crippen molar-refractivity contribution in [2.24, 2.45) is 7.05 Å². The Balaban J connectivity index is 1.86. The smallest absolute Gasteiger partial charge is 0.313 e. The molecule has 158 valence electrons. The Labute approximate surface area is 176 Å². The van der Waals surface area contributed by atoms with Crippen LogP contribution in [0.25, 0.3) is 11.4 Å². The van der Waals surface area contributed by atoms with E-state index >= 15 is 0 Å². The maximum atomic E-state index is 13.2. The molecule has 5 nitrogen and oxygen atoms in total. The summed E-state index contributed by atoms with van der Waals surface area (Å²) in [5.74, 6) is 0.638. The fourth-order valence-electron chi connectivity index (χ4n) is 3.93. The Morgan fingerprint density at radius 1 is 1.03 bits per heavy atom. The molecule has 1 fully saturated rings. The lowest BCUT2D eigenvalue weighted by molar-refractivity contribution is -0.0435. The molecule has 3 aromatic rings. The first-order chi connectivity index (χ1) is 14.1. The summed E-state index contributed by atoms with van der Waals surface area (Å²) in [4.78, 5) is -0.839. The van der Waals surface area contributed by atoms with Crippen molar-refractivity contribution in [1.82, 2.24) is 14.8 Å². The molecule has 0 radical (unpaired) electrons. The van der Waals surface area contributed by atoms with Crippen molar-refractivity contribution in [2.75, 3.05) is 0 Å². The first-order valence-electron chi connectivity index (χ1n) is 9.14. The van der Waals surface area contributed by atoms with Crippen molar-refractivity contribution in [3.05, 3.63) is 64.9 Å². The van der Waals surface area contributed by atoms with Crippen LogP contribution in [-0.2, 0) is 22.3 Å². The molecule has 0 unspecified atom stereocenters. The highest BCUT2D eigenvalue weighted by molar-refractivity contribution is 7.92. The van der Waals surface area contributed by atoms with Gasteiger partial charge < -0.3 is 4.57 Å². The van der Waals surface area contributed by atoms with E-state index in [2.05, 4.69) is 10.2 Å². The van der Waals surface area contributed by atoms with Gasteiger partial charge >= 0.3 is 5.51 Å². The highest BCUT2D eigenvalue weighted by atomic mass is 35.5. The van der Waals surface area contributed by atoms with Gasteiger partial charge in [-0.25, -0.2) is 8.42 Å². The third kappa shape index (κ3) is 3.11. The molecular formula is C20H17ClF3N3O2S. The van der Waals surface area contributed by atoms with Gasteiger partial charge in [0.1, 0.15) is 5.82 Å². The summed E-state index contributed by atoms with van der Waals surface area (Å²) in [6, 6.07) is 12.3. The Morgan fingerprint density at radius 3 is 2.23 bits per heavy atom. The van der Waals surface area contributed by atoms with Crippen molar-refractivity contribution in [3.63, 3.8) is 0 Å². The molecule has 1 aromatic heterocycles. The fourth-order valence-corrected chi connectivity index (χ4v) is 5.01. The minimum atomic E-state index is -5.54. The van der Waals surface area contributed by atoms with Crippen molar-refractivity contribution in [3.8, 4) is 11.4 Å². The number of hydrogen-bond donors (Lipinski definition) is 0. The SMILES string of the molecule is Cn1c(-c2ccccc2S(=O)(=O)C(F)(F)F)nnc1C1(c2ccc(Cl)cc2)CCC1. The van der Waals surface area contributed by atoms with E-state index in [0.29, 0.717) is 10.8 Å². The zero-order valence-electron chi connectivity index (χ0n) is 15.8. The van der Waals surface area contributed by atoms with Gasteiger partial charge in [-0.15, -0.1) is 10.2 Å². The lowest BCUT2D eigenvalue weighted by Gasteiger charge is -2.41. The van der Waals surface area contributed by atoms with Gasteiger partial charge in [-0.05, 0) is 42.7 Å². The van der Waals surface area contributed by atoms with Crippen LogP contribution in [0.4, 0.5) is 13.2 Å². The number of halogens is 4. The maximum absolute atomic E-state index is 13.2. The molecule has 0 saturated heterocycles. The van der Waals surface area contributed by atoms with Crippen LogP contribution in [0.1, 0.15) is 30.7 Å². The number of rotatable bonds is 4. The van der Waals surface area contributed by atoms with Crippen LogP contribution in [0.15, 0.2) is 53.4 Å². The van der Waals surface area contributed by atoms with E-state index in [4.69, 9.17) is 11.6 Å². The van der Waals surface area contributed by atoms with E-state index < -0.39 is 25.7 Å². The number of aromatic nitrogens is 3. The van der Waals surface area contributed by atoms with Crippen LogP contribution in [0.5, 0.6) is 0 Å². The second-order valence-corrected chi connectivity index (χ2v) is 9.64. The highest BCUT2D eigenvalue weighted by Gasteiger charge is 2.49. The van der Waals surface area contributed by atoms with E-state index in [1.54, 1.807) is 23.7 Å². The molecule has 1 aliphatic carbocycles. The molecule has 0 aliphatic heterocycles. The van der Waals surface area contributed by atoms with Gasteiger partial charge in [-0.2, -0.15) is 13.2 Å². The Kier molecular flexibility index (Phi) is 4.93. The molecule has 0 atom stereocenters. The number of benzene rings is 2. The fraction of sp³-hybridized carbons (Fsp3) is 0.300. The number of sulfone groups is 1. The van der Waals surface area contributed by atoms with Gasteiger partial charge in [0.15, 0.2) is 5.82 Å². The Bertz CT molecular complexity index is 1200. The van der Waals surface area contributed by atoms with Gasteiger partial charge in [0, 0.05) is 17.6 Å². The molecule has 0 amide bonds. The minimum Gasteiger partial charge on any atom is -0.313 e. The molecule has 1 heterocycles. The molecule has 10 heteroatoms. The van der Waals surface area contributed by atoms with Crippen LogP contribution in [0.2, 0.25) is 5.02 Å². The van der Waals surface area contributed by atoms with Gasteiger partial charge in [-0.3, -0.25) is 0 Å². The monoisotopic (exact) mass is 455 g/mol. The van der Waals surface area contributed by atoms with E-state index in [-0.39, 0.29) is 11.4 Å². The van der Waals surface area contributed by atoms with Crippen molar-refractivity contribution in [1.29, 1.82) is 0 Å². The van der Waals surface area contributed by atoms with Gasteiger partial charge in [-0.1, -0.05) is 42.3 Å². The molecular weight excluding hydrogens is 439 g/mol. The third-order valence-corrected chi connectivity index (χ3v) is 7.43. The maximum Gasteiger partial charge on any atom is 0.501 e. The zero-order valence-corrected chi connectivity index (χ0v) is 17.4. The summed E-state index contributed by atoms with van der Waals surface area (Å²) in [6.45, 7) is 0. The quantitative estimate of drug-likeness (QED) is 0.561. The largest absolute Gasteiger partial charge is 0.501 e. The first kappa shape index (κ1) is 20.9. The number of hydrogen-bond acceptors (Lipinski definition) is 4. The van der Waals surface area contributed by atoms with Crippen LogP contribution in [0.3, 0.4) is 0 Å². The molecule has 30 heavy (non-hydrogen) atoms. The first-order valence-corrected chi connectivity index (χ1v) is 11.0. The predicted octanol–water partition coefficient (Wildman–Crippen LogP) is 4.90. The van der Waals surface area contributed by atoms with E-state index in [1.165, 1.54) is 18.2 Å². The molecule has 0 N–H and O–H groups in total. The average molecular weight is 456 g/mol. The molecule has 0 spiro atoms. The second kappa shape index (κ2) is 7.09. The summed E-state index contributed by atoms with van der Waals surface area (Å²) in [5.41, 5.74) is -5.01. The predicted molar refractivity (Wildman–Crippen MR) is 106 cm³/mol. The van der Waals surface area contributed by atoms with Gasteiger partial charge in [0.05, 0.1) is 10.3 Å². The average Bonchev–Trinajstić information content (AvgIpc) is 3.03. The van der Waals surface area contributed by atoms with Crippen LogP contribution in [-0.4, -0.2) is 28.7 Å². The minimum absolute atomic E-state index is 0.0636. The Hall–Kier alpha value is -2.39. The van der Waals surface area contributed by atoms with Crippen molar-refractivity contribution >= 4 is 21.4 Å². The highest BCUT2D eigenvalue weighted by Crippen LogP contribution is 2.49. The molecule has 4 rings (SSSR count). The van der Waals surface area contributed by atoms with Crippen molar-refractivity contribution < 1.29 is 21.6 Å². The van der Waals surface area contributed by atoms with Crippen LogP contribution in [0, 0.1) is 0 Å². The molecule has 2 aromatic carbocycles. The summed E-state index contributed by atoms with van der Waals surface area (Å²) in [5, 5.41) is 8.96. The standard InChI is InChI=1S/C20H17ClF3N3O2S/c1-27-17(15-5-2-3-6-16(15)30(28,29)20(22,23)24)25-26-18(27)19(11-4-12-19)13-7-9-14(21)10-8-13/h2-3,5-10H,4,11-12H2,1H3. The Morgan fingerprint density at radius 2 is 1.67 bits per heavy atom. The number of nitrogens with zero attached hydrogens (tertiary/aromatic N) is 3. The van der Waals surface area contributed by atoms with Crippen LogP contribution < -0.4 is 0 Å². The molecule has 1 aliphatic rings. The zero-order chi connectivity index (χ0) is 21.7. The second-order valence-electron chi connectivity index (χ2n) is 7.29. The van der Waals surface area contributed by atoms with Gasteiger partial charge in [0.25, 0.3) is 9.84 Å². The van der Waals surface area contributed by atoms with Crippen LogP contribution >= 0.6 is 11.6 Å². The topological polar surface area (TPSA) is 64.8 Å². The van der Waals surface area contributed by atoms with E-state index in [0.717, 1.165) is 30.9 Å². The van der Waals surface area contributed by atoms with Crippen molar-refractivity contribution in [2.45, 2.75) is 35.1 Å². The summed E-state index contributed by atoms with van der Waals surface area (Å²) < 4.78 is 65.3. The summed E-state index contributed by atoms with van der Waals surface area (Å²) in [7, 11) is -3.91. The summed E-state index contributed by atoms with van der Waals surface area (Å²) in [6.07, 6.45) is 2.55. The summed E-state index contributed by atoms with van der Waals surface area (Å²) >= 11 is 6.00. The normalized spacial score (nSPS) is 16.3. The molecule has 1 saturated carbocycles.